The average molecular weight is 374 g/mol. The second-order valence-electron chi connectivity index (χ2n) is 7.09. The Labute approximate surface area is 161 Å². The van der Waals surface area contributed by atoms with Gasteiger partial charge in [0.15, 0.2) is 0 Å². The largest absolute Gasteiger partial charge is 0.493 e. The third kappa shape index (κ3) is 4.47. The highest BCUT2D eigenvalue weighted by Gasteiger charge is 2.26. The van der Waals surface area contributed by atoms with E-state index in [0.29, 0.717) is 12.5 Å². The fourth-order valence-corrected chi connectivity index (χ4v) is 4.44. The van der Waals surface area contributed by atoms with E-state index in [0.717, 1.165) is 22.6 Å². The zero-order valence-corrected chi connectivity index (χ0v) is 17.6. The van der Waals surface area contributed by atoms with Crippen LogP contribution in [0.25, 0.3) is 0 Å². The van der Waals surface area contributed by atoms with E-state index in [9.17, 15) is 4.79 Å². The molecule has 1 unspecified atom stereocenters. The number of thiophene rings is 1. The SMILES string of the molecule is CCC.Cc1sc(C(=O)NC2CCOc3ccccc32)c(C(C)C)c1C. The van der Waals surface area contributed by atoms with Crippen molar-refractivity contribution < 1.29 is 9.53 Å². The van der Waals surface area contributed by atoms with Crippen LogP contribution in [0.5, 0.6) is 5.75 Å². The lowest BCUT2D eigenvalue weighted by molar-refractivity contribution is 0.0927. The van der Waals surface area contributed by atoms with Crippen LogP contribution in [0, 0.1) is 13.8 Å². The number of ether oxygens (including phenoxy) is 1. The van der Waals surface area contributed by atoms with Crippen molar-refractivity contribution in [3.8, 4) is 5.75 Å². The monoisotopic (exact) mass is 373 g/mol. The third-order valence-electron chi connectivity index (χ3n) is 4.48. The quantitative estimate of drug-likeness (QED) is 0.700. The van der Waals surface area contributed by atoms with Gasteiger partial charge in [0.1, 0.15) is 5.75 Å². The summed E-state index contributed by atoms with van der Waals surface area (Å²) in [6.07, 6.45) is 2.06. The first kappa shape index (κ1) is 20.5. The average Bonchev–Trinajstić information content (AvgIpc) is 2.91. The number of aryl methyl sites for hydroxylation is 1. The van der Waals surface area contributed by atoms with E-state index in [2.05, 4.69) is 46.9 Å². The molecule has 1 amide bonds. The lowest BCUT2D eigenvalue weighted by atomic mass is 9.97. The summed E-state index contributed by atoms with van der Waals surface area (Å²) in [5, 5.41) is 3.22. The van der Waals surface area contributed by atoms with E-state index in [1.807, 2.05) is 24.3 Å². The van der Waals surface area contributed by atoms with Gasteiger partial charge in [0.05, 0.1) is 17.5 Å². The van der Waals surface area contributed by atoms with Crippen molar-refractivity contribution in [2.45, 2.75) is 66.3 Å². The highest BCUT2D eigenvalue weighted by Crippen LogP contribution is 2.35. The Morgan fingerprint density at radius 3 is 2.58 bits per heavy atom. The molecule has 1 aromatic carbocycles. The predicted molar refractivity (Wildman–Crippen MR) is 111 cm³/mol. The summed E-state index contributed by atoms with van der Waals surface area (Å²) in [4.78, 5) is 15.0. The minimum Gasteiger partial charge on any atom is -0.493 e. The Morgan fingerprint density at radius 2 is 1.92 bits per heavy atom. The van der Waals surface area contributed by atoms with Crippen molar-refractivity contribution in [2.75, 3.05) is 6.61 Å². The number of hydrogen-bond acceptors (Lipinski definition) is 3. The van der Waals surface area contributed by atoms with Crippen molar-refractivity contribution in [3.05, 3.63) is 50.7 Å². The molecule has 0 bridgehead atoms. The molecule has 4 heteroatoms. The predicted octanol–water partition coefficient (Wildman–Crippen LogP) is 6.16. The Balaban J connectivity index is 0.000000758. The first-order valence-electron chi connectivity index (χ1n) is 9.53. The maximum absolute atomic E-state index is 12.9. The number of amides is 1. The van der Waals surface area contributed by atoms with Gasteiger partial charge in [0.25, 0.3) is 5.91 Å². The van der Waals surface area contributed by atoms with Crippen LogP contribution in [-0.4, -0.2) is 12.5 Å². The molecule has 26 heavy (non-hydrogen) atoms. The van der Waals surface area contributed by atoms with E-state index < -0.39 is 0 Å². The van der Waals surface area contributed by atoms with Gasteiger partial charge in [0, 0.05) is 16.9 Å². The van der Waals surface area contributed by atoms with Gasteiger partial charge in [0.2, 0.25) is 0 Å². The first-order chi connectivity index (χ1) is 12.4. The number of hydrogen-bond donors (Lipinski definition) is 1. The molecule has 0 aliphatic carbocycles. The van der Waals surface area contributed by atoms with Crippen LogP contribution in [0.3, 0.4) is 0 Å². The van der Waals surface area contributed by atoms with Gasteiger partial charge >= 0.3 is 0 Å². The molecule has 0 saturated carbocycles. The Hall–Kier alpha value is -1.81. The lowest BCUT2D eigenvalue weighted by Crippen LogP contribution is -2.32. The molecule has 2 heterocycles. The Bertz CT molecular complexity index is 749. The topological polar surface area (TPSA) is 38.3 Å². The van der Waals surface area contributed by atoms with Crippen molar-refractivity contribution in [3.63, 3.8) is 0 Å². The summed E-state index contributed by atoms with van der Waals surface area (Å²) in [7, 11) is 0. The number of nitrogens with one attached hydrogen (secondary N) is 1. The van der Waals surface area contributed by atoms with Crippen LogP contribution in [0.1, 0.15) is 83.7 Å². The Kier molecular flexibility index (Phi) is 7.27. The molecule has 0 radical (unpaired) electrons. The standard InChI is InChI=1S/C19H23NO2S.C3H8/c1-11(2)17-12(3)13(4)23-18(17)19(21)20-15-9-10-22-16-8-6-5-7-14(15)16;1-3-2/h5-8,11,15H,9-10H2,1-4H3,(H,20,21);3H2,1-2H3. The van der Waals surface area contributed by atoms with Crippen molar-refractivity contribution in [1.82, 2.24) is 5.32 Å². The zero-order valence-electron chi connectivity index (χ0n) is 16.8. The second-order valence-corrected chi connectivity index (χ2v) is 8.31. The Morgan fingerprint density at radius 1 is 1.27 bits per heavy atom. The van der Waals surface area contributed by atoms with E-state index in [-0.39, 0.29) is 11.9 Å². The molecule has 0 fully saturated rings. The summed E-state index contributed by atoms with van der Waals surface area (Å²) in [6.45, 7) is 13.4. The molecule has 3 rings (SSSR count). The molecule has 2 aromatic rings. The van der Waals surface area contributed by atoms with Crippen molar-refractivity contribution in [2.24, 2.45) is 0 Å². The smallest absolute Gasteiger partial charge is 0.262 e. The number of carbonyl (C=O) groups excluding carboxylic acids is 1. The number of benzene rings is 1. The minimum absolute atomic E-state index is 0.0233. The van der Waals surface area contributed by atoms with Crippen LogP contribution in [0.2, 0.25) is 0 Å². The normalized spacial score (nSPS) is 15.6. The van der Waals surface area contributed by atoms with E-state index >= 15 is 0 Å². The highest BCUT2D eigenvalue weighted by molar-refractivity contribution is 7.14. The molecule has 142 valence electrons. The highest BCUT2D eigenvalue weighted by atomic mass is 32.1. The molecule has 1 aliphatic heterocycles. The fraction of sp³-hybridized carbons (Fsp3) is 0.500. The summed E-state index contributed by atoms with van der Waals surface area (Å²) in [5.74, 6) is 1.27. The van der Waals surface area contributed by atoms with Crippen LogP contribution in [0.15, 0.2) is 24.3 Å². The fourth-order valence-electron chi connectivity index (χ4n) is 3.22. The molecule has 3 nitrogen and oxygen atoms in total. The summed E-state index contributed by atoms with van der Waals surface area (Å²) < 4.78 is 5.68. The third-order valence-corrected chi connectivity index (χ3v) is 5.70. The van der Waals surface area contributed by atoms with E-state index in [4.69, 9.17) is 4.74 Å². The van der Waals surface area contributed by atoms with Gasteiger partial charge in [-0.2, -0.15) is 0 Å². The lowest BCUT2D eigenvalue weighted by Gasteiger charge is -2.26. The molecule has 1 atom stereocenters. The van der Waals surface area contributed by atoms with E-state index in [1.54, 1.807) is 11.3 Å². The van der Waals surface area contributed by atoms with Crippen LogP contribution in [0.4, 0.5) is 0 Å². The van der Waals surface area contributed by atoms with Gasteiger partial charge in [-0.1, -0.05) is 52.3 Å². The summed E-state index contributed by atoms with van der Waals surface area (Å²) >= 11 is 1.60. The molecule has 0 spiro atoms. The van der Waals surface area contributed by atoms with Gasteiger partial charge in [-0.15, -0.1) is 11.3 Å². The van der Waals surface area contributed by atoms with Crippen LogP contribution in [-0.2, 0) is 0 Å². The maximum atomic E-state index is 12.9. The zero-order chi connectivity index (χ0) is 19.3. The van der Waals surface area contributed by atoms with Crippen molar-refractivity contribution >= 4 is 17.2 Å². The number of para-hydroxylation sites is 1. The van der Waals surface area contributed by atoms with Gasteiger partial charge in [-0.05, 0) is 37.0 Å². The molecule has 1 N–H and O–H groups in total. The summed E-state index contributed by atoms with van der Waals surface area (Å²) in [5.41, 5.74) is 3.51. The van der Waals surface area contributed by atoms with Gasteiger partial charge in [-0.3, -0.25) is 4.79 Å². The number of carbonyl (C=O) groups is 1. The van der Waals surface area contributed by atoms with Gasteiger partial charge < -0.3 is 10.1 Å². The molecule has 1 aliphatic rings. The second kappa shape index (κ2) is 9.22. The van der Waals surface area contributed by atoms with Crippen molar-refractivity contribution in [1.29, 1.82) is 0 Å². The maximum Gasteiger partial charge on any atom is 0.262 e. The number of fused-ring (bicyclic) bond motifs is 1. The number of rotatable bonds is 3. The van der Waals surface area contributed by atoms with Crippen LogP contribution < -0.4 is 10.1 Å². The van der Waals surface area contributed by atoms with Crippen LogP contribution >= 0.6 is 11.3 Å². The van der Waals surface area contributed by atoms with E-state index in [1.165, 1.54) is 22.4 Å². The molecule has 1 aromatic heterocycles. The van der Waals surface area contributed by atoms with Gasteiger partial charge in [-0.25, -0.2) is 0 Å². The molecular weight excluding hydrogens is 342 g/mol. The molecule has 0 saturated heterocycles. The first-order valence-corrected chi connectivity index (χ1v) is 10.3. The molecular formula is C22H31NO2S. The summed E-state index contributed by atoms with van der Waals surface area (Å²) in [6, 6.07) is 7.98. The minimum atomic E-state index is 0.0233.